The summed E-state index contributed by atoms with van der Waals surface area (Å²) < 4.78 is 14.1. The Balaban J connectivity index is 1.51. The van der Waals surface area contributed by atoms with Gasteiger partial charge in [0, 0.05) is 34.2 Å². The van der Waals surface area contributed by atoms with Crippen molar-refractivity contribution >= 4 is 27.5 Å². The highest BCUT2D eigenvalue weighted by Gasteiger charge is 2.15. The zero-order valence-electron chi connectivity index (χ0n) is 17.7. The van der Waals surface area contributed by atoms with E-state index >= 15 is 0 Å². The van der Waals surface area contributed by atoms with E-state index in [9.17, 15) is 4.39 Å². The van der Waals surface area contributed by atoms with E-state index in [0.29, 0.717) is 5.69 Å². The van der Waals surface area contributed by atoms with Crippen LogP contribution in [0.4, 0.5) is 10.1 Å². The van der Waals surface area contributed by atoms with Crippen LogP contribution in [0.25, 0.3) is 55.6 Å². The summed E-state index contributed by atoms with van der Waals surface area (Å²) in [6.45, 7) is 1.90. The number of nitrogen functional groups attached to an aromatic ring is 1. The summed E-state index contributed by atoms with van der Waals surface area (Å²) in [5, 5.41) is 9.54. The number of halogens is 1. The highest BCUT2D eigenvalue weighted by Crippen LogP contribution is 2.35. The SMILES string of the molecule is Cc1cc(F)cc(-c2cccc3[nH]c(-c4n[nH]c5cnc(-c6cncc(N)c6)cc45)cc23)c1. The molecule has 4 N–H and O–H groups in total. The summed E-state index contributed by atoms with van der Waals surface area (Å²) in [5.41, 5.74) is 14.2. The highest BCUT2D eigenvalue weighted by atomic mass is 19.1. The number of pyridine rings is 2. The summed E-state index contributed by atoms with van der Waals surface area (Å²) in [4.78, 5) is 12.2. The lowest BCUT2D eigenvalue weighted by atomic mass is 9.99. The molecule has 0 saturated carbocycles. The van der Waals surface area contributed by atoms with Crippen LogP contribution in [0.3, 0.4) is 0 Å². The highest BCUT2D eigenvalue weighted by molar-refractivity contribution is 6.01. The van der Waals surface area contributed by atoms with Crippen molar-refractivity contribution < 1.29 is 4.39 Å². The lowest BCUT2D eigenvalue weighted by Crippen LogP contribution is -1.89. The lowest BCUT2D eigenvalue weighted by Gasteiger charge is -2.05. The van der Waals surface area contributed by atoms with Gasteiger partial charge in [-0.1, -0.05) is 18.2 Å². The number of aromatic nitrogens is 5. The van der Waals surface area contributed by atoms with E-state index in [-0.39, 0.29) is 5.82 Å². The number of nitrogens with zero attached hydrogens (tertiary/aromatic N) is 3. The van der Waals surface area contributed by atoms with Gasteiger partial charge in [-0.2, -0.15) is 5.10 Å². The topological polar surface area (TPSA) is 96.3 Å². The molecule has 4 aromatic heterocycles. The molecule has 0 aliphatic carbocycles. The van der Waals surface area contributed by atoms with E-state index < -0.39 is 0 Å². The molecule has 0 saturated heterocycles. The van der Waals surface area contributed by atoms with Crippen LogP contribution < -0.4 is 5.73 Å². The second-order valence-electron chi connectivity index (χ2n) is 8.16. The zero-order chi connectivity index (χ0) is 22.5. The molecule has 0 aliphatic heterocycles. The van der Waals surface area contributed by atoms with E-state index in [1.807, 2.05) is 43.3 Å². The van der Waals surface area contributed by atoms with Gasteiger partial charge in [-0.25, -0.2) is 4.39 Å². The molecule has 4 heterocycles. The fourth-order valence-corrected chi connectivity index (χ4v) is 4.30. The first-order valence-corrected chi connectivity index (χ1v) is 10.5. The molecule has 0 atom stereocenters. The normalized spacial score (nSPS) is 11.5. The van der Waals surface area contributed by atoms with Crippen molar-refractivity contribution in [1.82, 2.24) is 25.1 Å². The number of H-pyrrole nitrogens is 2. The first-order valence-electron chi connectivity index (χ1n) is 10.5. The van der Waals surface area contributed by atoms with Crippen LogP contribution in [0.2, 0.25) is 0 Å². The lowest BCUT2D eigenvalue weighted by molar-refractivity contribution is 0.627. The van der Waals surface area contributed by atoms with Gasteiger partial charge in [-0.05, 0) is 60.0 Å². The van der Waals surface area contributed by atoms with Crippen LogP contribution in [0.5, 0.6) is 0 Å². The Morgan fingerprint density at radius 3 is 2.64 bits per heavy atom. The third-order valence-corrected chi connectivity index (χ3v) is 5.77. The number of anilines is 1. The standard InChI is InChI=1S/C26H19FN6/c1-14-5-15(7-17(27)6-14)19-3-2-4-22-20(19)9-24(31-22)26-21-10-23(30-13-25(21)32-33-26)16-8-18(28)12-29-11-16/h2-13,31H,28H2,1H3,(H,32,33). The Bertz CT molecular complexity index is 1640. The van der Waals surface area contributed by atoms with Crippen LogP contribution in [-0.4, -0.2) is 25.1 Å². The van der Waals surface area contributed by atoms with Gasteiger partial charge in [-0.3, -0.25) is 15.1 Å². The minimum absolute atomic E-state index is 0.243. The average Bonchev–Trinajstić information content (AvgIpc) is 3.41. The van der Waals surface area contributed by atoms with Crippen LogP contribution in [0.1, 0.15) is 5.56 Å². The number of nitrogens with two attached hydrogens (primary N) is 1. The van der Waals surface area contributed by atoms with Gasteiger partial charge < -0.3 is 10.7 Å². The predicted molar refractivity (Wildman–Crippen MR) is 129 cm³/mol. The number of benzene rings is 2. The Hall–Kier alpha value is -4.52. The monoisotopic (exact) mass is 434 g/mol. The van der Waals surface area contributed by atoms with Crippen LogP contribution >= 0.6 is 0 Å². The molecule has 0 radical (unpaired) electrons. The average molecular weight is 434 g/mol. The number of nitrogens with one attached hydrogen (secondary N) is 2. The van der Waals surface area contributed by atoms with Gasteiger partial charge >= 0.3 is 0 Å². The second-order valence-corrected chi connectivity index (χ2v) is 8.16. The molecule has 0 spiro atoms. The Labute approximate surface area is 188 Å². The minimum atomic E-state index is -0.243. The van der Waals surface area contributed by atoms with Gasteiger partial charge in [0.25, 0.3) is 0 Å². The Morgan fingerprint density at radius 1 is 0.879 bits per heavy atom. The quantitative estimate of drug-likeness (QED) is 0.325. The summed E-state index contributed by atoms with van der Waals surface area (Å²) in [6.07, 6.45) is 5.10. The molecule has 0 fully saturated rings. The summed E-state index contributed by atoms with van der Waals surface area (Å²) in [6, 6.07) is 17.0. The van der Waals surface area contributed by atoms with Crippen molar-refractivity contribution in [1.29, 1.82) is 0 Å². The predicted octanol–water partition coefficient (Wildman–Crippen LogP) is 5.86. The maximum atomic E-state index is 14.1. The van der Waals surface area contributed by atoms with Gasteiger partial charge in [-0.15, -0.1) is 0 Å². The number of aryl methyl sites for hydroxylation is 1. The molecule has 2 aromatic carbocycles. The van der Waals surface area contributed by atoms with Gasteiger partial charge in [0.1, 0.15) is 11.5 Å². The molecule has 160 valence electrons. The molecule has 7 heteroatoms. The van der Waals surface area contributed by atoms with Crippen molar-refractivity contribution in [2.45, 2.75) is 6.92 Å². The molecule has 0 aliphatic rings. The molecular weight excluding hydrogens is 415 g/mol. The molecular formula is C26H19FN6. The first-order chi connectivity index (χ1) is 16.0. The van der Waals surface area contributed by atoms with Gasteiger partial charge in [0.05, 0.1) is 28.8 Å². The van der Waals surface area contributed by atoms with Crippen molar-refractivity contribution in [3.8, 4) is 33.8 Å². The maximum absolute atomic E-state index is 14.1. The first kappa shape index (κ1) is 19.2. The number of aromatic amines is 2. The third-order valence-electron chi connectivity index (χ3n) is 5.77. The number of fused-ring (bicyclic) bond motifs is 2. The maximum Gasteiger partial charge on any atom is 0.124 e. The molecule has 33 heavy (non-hydrogen) atoms. The molecule has 6 rings (SSSR count). The van der Waals surface area contributed by atoms with E-state index in [1.165, 1.54) is 6.07 Å². The van der Waals surface area contributed by atoms with Gasteiger partial charge in [0.2, 0.25) is 0 Å². The smallest absolute Gasteiger partial charge is 0.124 e. The van der Waals surface area contributed by atoms with E-state index in [4.69, 9.17) is 5.73 Å². The number of rotatable bonds is 3. The number of hydrogen-bond donors (Lipinski definition) is 3. The summed E-state index contributed by atoms with van der Waals surface area (Å²) >= 11 is 0. The Kier molecular flexibility index (Phi) is 4.23. The molecule has 6 aromatic rings. The summed E-state index contributed by atoms with van der Waals surface area (Å²) in [5.74, 6) is -0.243. The van der Waals surface area contributed by atoms with Crippen molar-refractivity contribution in [2.24, 2.45) is 0 Å². The molecule has 0 unspecified atom stereocenters. The molecule has 0 amide bonds. The van der Waals surface area contributed by atoms with Crippen LogP contribution in [-0.2, 0) is 0 Å². The largest absolute Gasteiger partial charge is 0.397 e. The van der Waals surface area contributed by atoms with E-state index in [2.05, 4.69) is 31.2 Å². The fourth-order valence-electron chi connectivity index (χ4n) is 4.30. The van der Waals surface area contributed by atoms with Crippen molar-refractivity contribution in [3.05, 3.63) is 84.6 Å². The third kappa shape index (κ3) is 3.30. The van der Waals surface area contributed by atoms with Crippen LogP contribution in [0, 0.1) is 12.7 Å². The zero-order valence-corrected chi connectivity index (χ0v) is 17.7. The molecule has 0 bridgehead atoms. The second kappa shape index (κ2) is 7.27. The van der Waals surface area contributed by atoms with Gasteiger partial charge in [0.15, 0.2) is 0 Å². The number of hydrogen-bond acceptors (Lipinski definition) is 4. The van der Waals surface area contributed by atoms with Crippen molar-refractivity contribution in [2.75, 3.05) is 5.73 Å². The molecule has 6 nitrogen and oxygen atoms in total. The van der Waals surface area contributed by atoms with Crippen LogP contribution in [0.15, 0.2) is 73.2 Å². The van der Waals surface area contributed by atoms with E-state index in [1.54, 1.807) is 24.7 Å². The summed E-state index contributed by atoms with van der Waals surface area (Å²) in [7, 11) is 0. The van der Waals surface area contributed by atoms with Crippen molar-refractivity contribution in [3.63, 3.8) is 0 Å². The minimum Gasteiger partial charge on any atom is -0.397 e. The Morgan fingerprint density at radius 2 is 1.79 bits per heavy atom. The van der Waals surface area contributed by atoms with E-state index in [0.717, 1.165) is 61.1 Å². The fraction of sp³-hybridized carbons (Fsp3) is 0.0385.